The van der Waals surface area contributed by atoms with Gasteiger partial charge in [0.1, 0.15) is 12.7 Å². The molecule has 41 heavy (non-hydrogen) atoms. The second-order valence-electron chi connectivity index (χ2n) is 9.48. The summed E-state index contributed by atoms with van der Waals surface area (Å²) < 4.78 is 13.6. The summed E-state index contributed by atoms with van der Waals surface area (Å²) in [6.45, 7) is 0.645. The van der Waals surface area contributed by atoms with Gasteiger partial charge in [0.2, 0.25) is 5.95 Å². The molecule has 0 spiro atoms. The van der Waals surface area contributed by atoms with Crippen LogP contribution in [0.5, 0.6) is 11.5 Å². The Bertz CT molecular complexity index is 1960. The van der Waals surface area contributed by atoms with E-state index in [0.29, 0.717) is 62.9 Å². The first-order chi connectivity index (χ1) is 20.1. The van der Waals surface area contributed by atoms with Crippen molar-refractivity contribution in [2.75, 3.05) is 23.8 Å². The monoisotopic (exact) mass is 545 g/mol. The van der Waals surface area contributed by atoms with Crippen molar-refractivity contribution in [3.8, 4) is 17.2 Å². The van der Waals surface area contributed by atoms with Crippen LogP contribution >= 0.6 is 0 Å². The van der Waals surface area contributed by atoms with Crippen LogP contribution in [0.1, 0.15) is 10.4 Å². The van der Waals surface area contributed by atoms with Crippen molar-refractivity contribution in [1.82, 2.24) is 24.7 Å². The molecule has 0 fully saturated rings. The average Bonchev–Trinajstić information content (AvgIpc) is 3.52. The number of para-hydroxylation sites is 1. The van der Waals surface area contributed by atoms with Gasteiger partial charge in [0, 0.05) is 23.5 Å². The standard InChI is InChI=1S/C30H23N7O4/c38-28(18-7-3-1-4-8-18)34-19-11-12-24-25(13-19)40-17-21(41-24)14-31-30-32-15-22-26-23(16-33-36-26)29(39)37(27(22)35-30)20-9-5-2-6-10-20/h1-13,15-16,21H,14,17H2,(H,33,36)(H,34,38)(H,31,32,35). The van der Waals surface area contributed by atoms with E-state index in [1.165, 1.54) is 6.20 Å². The van der Waals surface area contributed by atoms with Gasteiger partial charge in [-0.2, -0.15) is 10.1 Å². The van der Waals surface area contributed by atoms with Crippen molar-refractivity contribution >= 4 is 39.5 Å². The van der Waals surface area contributed by atoms with Crippen molar-refractivity contribution in [3.63, 3.8) is 0 Å². The van der Waals surface area contributed by atoms with Gasteiger partial charge in [-0.3, -0.25) is 19.3 Å². The fourth-order valence-corrected chi connectivity index (χ4v) is 4.78. The maximum Gasteiger partial charge on any atom is 0.267 e. The number of nitrogens with one attached hydrogen (secondary N) is 3. The highest BCUT2D eigenvalue weighted by atomic mass is 16.6. The summed E-state index contributed by atoms with van der Waals surface area (Å²) >= 11 is 0. The molecule has 1 amide bonds. The quantitative estimate of drug-likeness (QED) is 0.284. The molecule has 1 unspecified atom stereocenters. The van der Waals surface area contributed by atoms with Crippen molar-refractivity contribution < 1.29 is 14.3 Å². The van der Waals surface area contributed by atoms with Crippen LogP contribution in [-0.4, -0.2) is 49.9 Å². The van der Waals surface area contributed by atoms with E-state index in [1.807, 2.05) is 48.5 Å². The lowest BCUT2D eigenvalue weighted by Gasteiger charge is -2.27. The first-order valence-electron chi connectivity index (χ1n) is 13.0. The summed E-state index contributed by atoms with van der Waals surface area (Å²) in [5, 5.41) is 14.2. The fourth-order valence-electron chi connectivity index (χ4n) is 4.78. The van der Waals surface area contributed by atoms with Crippen LogP contribution in [0.3, 0.4) is 0 Å². The lowest BCUT2D eigenvalue weighted by molar-refractivity contribution is 0.0994. The number of benzene rings is 3. The summed E-state index contributed by atoms with van der Waals surface area (Å²) in [4.78, 5) is 35.0. The van der Waals surface area contributed by atoms with E-state index in [2.05, 4.69) is 25.8 Å². The first-order valence-corrected chi connectivity index (χ1v) is 13.0. The van der Waals surface area contributed by atoms with Crippen molar-refractivity contribution in [2.24, 2.45) is 0 Å². The minimum absolute atomic E-state index is 0.203. The fraction of sp³-hybridized carbons (Fsp3) is 0.100. The highest BCUT2D eigenvalue weighted by molar-refractivity contribution is 6.04. The number of rotatable bonds is 6. The minimum atomic E-state index is -0.321. The molecule has 11 heteroatoms. The topological polar surface area (TPSA) is 136 Å². The van der Waals surface area contributed by atoms with Gasteiger partial charge in [0.15, 0.2) is 17.1 Å². The van der Waals surface area contributed by atoms with Crippen LogP contribution in [0.15, 0.2) is 96.1 Å². The molecule has 0 saturated heterocycles. The van der Waals surface area contributed by atoms with Gasteiger partial charge < -0.3 is 20.1 Å². The van der Waals surface area contributed by atoms with Crippen molar-refractivity contribution in [3.05, 3.63) is 107 Å². The Morgan fingerprint density at radius 2 is 1.78 bits per heavy atom. The lowest BCUT2D eigenvalue weighted by atomic mass is 10.2. The Morgan fingerprint density at radius 3 is 2.61 bits per heavy atom. The number of pyridine rings is 1. The second kappa shape index (κ2) is 10.1. The number of ether oxygens (including phenoxy) is 2. The molecular weight excluding hydrogens is 522 g/mol. The van der Waals surface area contributed by atoms with Gasteiger partial charge in [-0.15, -0.1) is 0 Å². The average molecular weight is 546 g/mol. The number of aromatic amines is 1. The Hall–Kier alpha value is -5.71. The van der Waals surface area contributed by atoms with E-state index < -0.39 is 0 Å². The lowest BCUT2D eigenvalue weighted by Crippen LogP contribution is -2.35. The molecule has 202 valence electrons. The van der Waals surface area contributed by atoms with Crippen LogP contribution < -0.4 is 25.7 Å². The van der Waals surface area contributed by atoms with E-state index in [-0.39, 0.29) is 24.2 Å². The molecule has 7 rings (SSSR count). The summed E-state index contributed by atoms with van der Waals surface area (Å²) in [6.07, 6.45) is 2.86. The molecule has 0 saturated carbocycles. The van der Waals surface area contributed by atoms with E-state index >= 15 is 0 Å². The van der Waals surface area contributed by atoms with Crippen LogP contribution in [0.4, 0.5) is 11.6 Å². The summed E-state index contributed by atoms with van der Waals surface area (Å²) in [6, 6.07) is 23.6. The van der Waals surface area contributed by atoms with E-state index in [1.54, 1.807) is 41.1 Å². The Labute approximate surface area is 232 Å². The Morgan fingerprint density at radius 1 is 0.976 bits per heavy atom. The third-order valence-corrected chi connectivity index (χ3v) is 6.78. The number of aromatic nitrogens is 5. The van der Waals surface area contributed by atoms with E-state index in [9.17, 15) is 9.59 Å². The van der Waals surface area contributed by atoms with Crippen LogP contribution in [-0.2, 0) is 0 Å². The number of hydrogen-bond donors (Lipinski definition) is 3. The summed E-state index contributed by atoms with van der Waals surface area (Å²) in [5.74, 6) is 1.25. The van der Waals surface area contributed by atoms with Gasteiger partial charge in [0.05, 0.1) is 34.7 Å². The van der Waals surface area contributed by atoms with Gasteiger partial charge in [-0.05, 0) is 36.4 Å². The third kappa shape index (κ3) is 4.59. The number of carbonyl (C=O) groups is 1. The van der Waals surface area contributed by atoms with Crippen LogP contribution in [0.25, 0.3) is 27.6 Å². The number of carbonyl (C=O) groups excluding carboxylic acids is 1. The second-order valence-corrected chi connectivity index (χ2v) is 9.48. The third-order valence-electron chi connectivity index (χ3n) is 6.78. The van der Waals surface area contributed by atoms with Gasteiger partial charge in [-0.1, -0.05) is 36.4 Å². The minimum Gasteiger partial charge on any atom is -0.486 e. The molecule has 0 radical (unpaired) electrons. The zero-order valence-electron chi connectivity index (χ0n) is 21.6. The number of anilines is 2. The maximum atomic E-state index is 13.4. The van der Waals surface area contributed by atoms with Gasteiger partial charge in [-0.25, -0.2) is 4.98 Å². The van der Waals surface area contributed by atoms with Crippen molar-refractivity contribution in [1.29, 1.82) is 0 Å². The normalized spacial score (nSPS) is 14.2. The first kappa shape index (κ1) is 24.3. The zero-order chi connectivity index (χ0) is 27.8. The SMILES string of the molecule is O=C(Nc1ccc2c(c1)OCC(CNc1ncc3c4[nH]ncc4c(=O)n(-c4ccccc4)c3n1)O2)c1ccccc1. The molecule has 0 bridgehead atoms. The Balaban J connectivity index is 1.09. The largest absolute Gasteiger partial charge is 0.486 e. The summed E-state index contributed by atoms with van der Waals surface area (Å²) in [7, 11) is 0. The maximum absolute atomic E-state index is 13.4. The van der Waals surface area contributed by atoms with Crippen LogP contribution in [0, 0.1) is 0 Å². The molecule has 3 aromatic heterocycles. The molecule has 11 nitrogen and oxygen atoms in total. The number of nitrogens with zero attached hydrogens (tertiary/aromatic N) is 4. The predicted octanol–water partition coefficient (Wildman–Crippen LogP) is 4.16. The Kier molecular flexibility index (Phi) is 6.01. The molecule has 0 aliphatic carbocycles. The molecule has 1 aliphatic rings. The smallest absolute Gasteiger partial charge is 0.267 e. The molecule has 4 heterocycles. The van der Waals surface area contributed by atoms with Crippen LogP contribution in [0.2, 0.25) is 0 Å². The molecular formula is C30H23N7O4. The molecule has 6 aromatic rings. The highest BCUT2D eigenvalue weighted by Crippen LogP contribution is 2.34. The van der Waals surface area contributed by atoms with E-state index in [4.69, 9.17) is 14.5 Å². The predicted molar refractivity (Wildman–Crippen MR) is 154 cm³/mol. The van der Waals surface area contributed by atoms with Crippen molar-refractivity contribution in [2.45, 2.75) is 6.10 Å². The van der Waals surface area contributed by atoms with Gasteiger partial charge in [0.25, 0.3) is 11.5 Å². The molecule has 1 atom stereocenters. The van der Waals surface area contributed by atoms with Gasteiger partial charge >= 0.3 is 0 Å². The van der Waals surface area contributed by atoms with E-state index in [0.717, 1.165) is 0 Å². The number of hydrogen-bond acceptors (Lipinski definition) is 8. The zero-order valence-corrected chi connectivity index (χ0v) is 21.6. The molecule has 1 aliphatic heterocycles. The summed E-state index contributed by atoms with van der Waals surface area (Å²) in [5.41, 5.74) is 2.68. The number of fused-ring (bicyclic) bond motifs is 4. The molecule has 3 aromatic carbocycles. The number of H-pyrrole nitrogens is 1. The highest BCUT2D eigenvalue weighted by Gasteiger charge is 2.23. The molecule has 3 N–H and O–H groups in total. The number of amides is 1.